The highest BCUT2D eigenvalue weighted by molar-refractivity contribution is 5.88. The highest BCUT2D eigenvalue weighted by atomic mass is 16.4. The van der Waals surface area contributed by atoms with Gasteiger partial charge in [-0.2, -0.15) is 0 Å². The molecule has 0 heterocycles. The Morgan fingerprint density at radius 3 is 1.86 bits per heavy atom. The van der Waals surface area contributed by atoms with E-state index in [0.717, 1.165) is 0 Å². The summed E-state index contributed by atoms with van der Waals surface area (Å²) in [4.78, 5) is 18.8. The summed E-state index contributed by atoms with van der Waals surface area (Å²) in [5.74, 6) is 0. The van der Waals surface area contributed by atoms with Crippen molar-refractivity contribution in [3.05, 3.63) is 0 Å². The van der Waals surface area contributed by atoms with Gasteiger partial charge in [0, 0.05) is 0 Å². The van der Waals surface area contributed by atoms with Crippen molar-refractivity contribution < 1.29 is 14.7 Å². The Kier molecular flexibility index (Phi) is 1.65. The summed E-state index contributed by atoms with van der Waals surface area (Å²) in [5.41, 5.74) is 4.32. The fourth-order valence-electron chi connectivity index (χ4n) is 0.101. The lowest BCUT2D eigenvalue weighted by atomic mass is 11.0. The Bertz CT molecular complexity index is 87.1. The third-order valence-electron chi connectivity index (χ3n) is 0.225. The van der Waals surface area contributed by atoms with Crippen molar-refractivity contribution in [3.63, 3.8) is 0 Å². The molecule has 0 saturated carbocycles. The number of nitrogens with one attached hydrogen (secondary N) is 1. The summed E-state index contributed by atoms with van der Waals surface area (Å²) < 4.78 is 0. The lowest BCUT2D eigenvalue weighted by Gasteiger charge is -1.83. The van der Waals surface area contributed by atoms with Gasteiger partial charge in [-0.15, -0.1) is 0 Å². The smallest absolute Gasteiger partial charge is 0.351 e. The average molecular weight is 103 g/mol. The van der Waals surface area contributed by atoms with Crippen LogP contribution in [-0.4, -0.2) is 12.1 Å². The molecular weight excluding hydrogens is 100 g/mol. The molecule has 3 N–H and O–H groups in total. The van der Waals surface area contributed by atoms with Gasteiger partial charge in [0.2, 0.25) is 0 Å². The minimum Gasteiger partial charge on any atom is -0.351 e. The van der Waals surface area contributed by atoms with E-state index in [1.807, 2.05) is 0 Å². The van der Waals surface area contributed by atoms with Crippen molar-refractivity contribution in [2.75, 3.05) is 0 Å². The molecule has 3 amide bonds. The molecule has 0 aromatic carbocycles. The Morgan fingerprint density at radius 2 is 1.86 bits per heavy atom. The number of nitrogens with two attached hydrogens (primary N) is 1. The summed E-state index contributed by atoms with van der Waals surface area (Å²) in [6, 6.07) is -1.13. The number of hydrogen-bond donors (Lipinski definition) is 2. The van der Waals surface area contributed by atoms with Crippen LogP contribution in [0.15, 0.2) is 0 Å². The SMILES string of the molecule is NC(=O)NC([O])=O. The fourth-order valence-corrected chi connectivity index (χ4v) is 0.101. The van der Waals surface area contributed by atoms with E-state index in [4.69, 9.17) is 0 Å². The third-order valence-corrected chi connectivity index (χ3v) is 0.225. The maximum absolute atomic E-state index is 9.50. The highest BCUT2D eigenvalue weighted by Crippen LogP contribution is 1.57. The first-order valence-electron chi connectivity index (χ1n) is 1.40. The van der Waals surface area contributed by atoms with Gasteiger partial charge in [0.15, 0.2) is 0 Å². The van der Waals surface area contributed by atoms with Gasteiger partial charge in [-0.1, -0.05) is 0 Å². The van der Waals surface area contributed by atoms with Gasteiger partial charge in [0.1, 0.15) is 0 Å². The number of amides is 3. The van der Waals surface area contributed by atoms with Crippen LogP contribution in [0.3, 0.4) is 0 Å². The maximum atomic E-state index is 9.50. The minimum atomic E-state index is -1.69. The summed E-state index contributed by atoms with van der Waals surface area (Å²) in [6.07, 6.45) is -1.69. The first-order valence-corrected chi connectivity index (χ1v) is 1.40. The van der Waals surface area contributed by atoms with Gasteiger partial charge >= 0.3 is 12.1 Å². The highest BCUT2D eigenvalue weighted by Gasteiger charge is 1.97. The minimum absolute atomic E-state index is 1.13. The summed E-state index contributed by atoms with van der Waals surface area (Å²) in [5, 5.41) is 10.5. The second-order valence-corrected chi connectivity index (χ2v) is 0.777. The molecule has 0 atom stereocenters. The standard InChI is InChI=1S/C2H3N2O3/c3-1(5)4-2(6)7/h(H3,3,4,5). The topological polar surface area (TPSA) is 92.1 Å². The Hall–Kier alpha value is -1.26. The van der Waals surface area contributed by atoms with Crippen molar-refractivity contribution in [1.29, 1.82) is 0 Å². The molecule has 0 aromatic rings. The molecule has 0 spiro atoms. The van der Waals surface area contributed by atoms with Crippen LogP contribution in [0, 0.1) is 0 Å². The lowest BCUT2D eigenvalue weighted by Crippen LogP contribution is -2.32. The van der Waals surface area contributed by atoms with Crippen LogP contribution in [-0.2, 0) is 5.11 Å². The zero-order valence-corrected chi connectivity index (χ0v) is 3.30. The second-order valence-electron chi connectivity index (χ2n) is 0.777. The van der Waals surface area contributed by atoms with Crippen LogP contribution in [0.1, 0.15) is 0 Å². The number of rotatable bonds is 0. The van der Waals surface area contributed by atoms with Crippen LogP contribution in [0.25, 0.3) is 0 Å². The summed E-state index contributed by atoms with van der Waals surface area (Å²) in [6.45, 7) is 0. The predicted octanol–water partition coefficient (Wildman–Crippen LogP) is -0.795. The van der Waals surface area contributed by atoms with Crippen molar-refractivity contribution in [2.24, 2.45) is 5.73 Å². The van der Waals surface area contributed by atoms with E-state index in [1.165, 1.54) is 5.32 Å². The number of imide groups is 1. The van der Waals surface area contributed by atoms with E-state index in [1.54, 1.807) is 0 Å². The molecule has 7 heavy (non-hydrogen) atoms. The zero-order valence-electron chi connectivity index (χ0n) is 3.30. The molecule has 39 valence electrons. The molecule has 0 rings (SSSR count). The van der Waals surface area contributed by atoms with Gasteiger partial charge < -0.3 is 5.73 Å². The molecule has 1 radical (unpaired) electrons. The number of carbonyl (C=O) groups excluding carboxylic acids is 2. The fraction of sp³-hybridized carbons (Fsp3) is 0. The monoisotopic (exact) mass is 103 g/mol. The molecule has 0 saturated heterocycles. The van der Waals surface area contributed by atoms with Gasteiger partial charge in [-0.3, -0.25) is 0 Å². The van der Waals surface area contributed by atoms with Crippen LogP contribution < -0.4 is 11.1 Å². The number of carbonyl (C=O) groups is 2. The molecule has 0 unspecified atom stereocenters. The van der Waals surface area contributed by atoms with Crippen molar-refractivity contribution in [1.82, 2.24) is 5.32 Å². The van der Waals surface area contributed by atoms with E-state index in [-0.39, 0.29) is 0 Å². The van der Waals surface area contributed by atoms with E-state index >= 15 is 0 Å². The van der Waals surface area contributed by atoms with Crippen LogP contribution in [0.2, 0.25) is 0 Å². The molecular formula is C2H3N2O3. The average Bonchev–Trinajstić information content (AvgIpc) is 1.27. The van der Waals surface area contributed by atoms with E-state index in [9.17, 15) is 14.7 Å². The normalized spacial score (nSPS) is 7.43. The van der Waals surface area contributed by atoms with Crippen LogP contribution in [0.4, 0.5) is 9.59 Å². The first-order chi connectivity index (χ1) is 3.13. The van der Waals surface area contributed by atoms with Crippen LogP contribution >= 0.6 is 0 Å². The molecule has 0 aliphatic rings. The third kappa shape index (κ3) is 4.74. The number of urea groups is 1. The van der Waals surface area contributed by atoms with Gasteiger partial charge in [-0.05, 0) is 0 Å². The Balaban J connectivity index is 3.32. The number of primary amides is 1. The van der Waals surface area contributed by atoms with Gasteiger partial charge in [0.05, 0.1) is 0 Å². The van der Waals surface area contributed by atoms with Crippen molar-refractivity contribution >= 4 is 12.1 Å². The molecule has 0 aromatic heterocycles. The predicted molar refractivity (Wildman–Crippen MR) is 18.8 cm³/mol. The number of hydrogen-bond acceptors (Lipinski definition) is 2. The van der Waals surface area contributed by atoms with Crippen molar-refractivity contribution in [2.45, 2.75) is 0 Å². The molecule has 5 heteroatoms. The molecule has 0 fully saturated rings. The van der Waals surface area contributed by atoms with Crippen molar-refractivity contribution in [3.8, 4) is 0 Å². The maximum Gasteiger partial charge on any atom is 0.458 e. The van der Waals surface area contributed by atoms with E-state index in [2.05, 4.69) is 5.73 Å². The Labute approximate surface area is 39.1 Å². The second kappa shape index (κ2) is 2.01. The lowest BCUT2D eigenvalue weighted by molar-refractivity contribution is 0.169. The van der Waals surface area contributed by atoms with Gasteiger partial charge in [0.25, 0.3) is 0 Å². The molecule has 0 aliphatic carbocycles. The zero-order chi connectivity index (χ0) is 5.86. The summed E-state index contributed by atoms with van der Waals surface area (Å²) >= 11 is 0. The molecule has 5 nitrogen and oxygen atoms in total. The molecule has 0 bridgehead atoms. The van der Waals surface area contributed by atoms with Crippen LogP contribution in [0.5, 0.6) is 0 Å². The van der Waals surface area contributed by atoms with E-state index < -0.39 is 12.1 Å². The van der Waals surface area contributed by atoms with Gasteiger partial charge in [-0.25, -0.2) is 20.0 Å². The quantitative estimate of drug-likeness (QED) is 0.420. The first kappa shape index (κ1) is 5.74. The summed E-state index contributed by atoms with van der Waals surface area (Å²) in [7, 11) is 0. The van der Waals surface area contributed by atoms with E-state index in [0.29, 0.717) is 0 Å². The Morgan fingerprint density at radius 1 is 1.43 bits per heavy atom. The largest absolute Gasteiger partial charge is 0.458 e. The molecule has 0 aliphatic heterocycles.